The van der Waals surface area contributed by atoms with E-state index in [4.69, 9.17) is 4.74 Å². The number of hydrogen-bond donors (Lipinski definition) is 2. The molecule has 1 atom stereocenters. The lowest BCUT2D eigenvalue weighted by atomic mass is 10.1. The second-order valence-corrected chi connectivity index (χ2v) is 4.15. The van der Waals surface area contributed by atoms with E-state index in [1.165, 1.54) is 7.11 Å². The molecule has 1 aromatic heterocycles. The Morgan fingerprint density at radius 2 is 2.20 bits per heavy atom. The van der Waals surface area contributed by atoms with Gasteiger partial charge in [-0.1, -0.05) is 6.07 Å². The van der Waals surface area contributed by atoms with Gasteiger partial charge in [0.2, 0.25) is 0 Å². The van der Waals surface area contributed by atoms with Crippen LogP contribution >= 0.6 is 0 Å². The number of aromatic nitrogens is 1. The van der Waals surface area contributed by atoms with Gasteiger partial charge in [-0.2, -0.15) is 0 Å². The monoisotopic (exact) mass is 276 g/mol. The highest BCUT2D eigenvalue weighted by Crippen LogP contribution is 2.26. The Morgan fingerprint density at radius 1 is 1.40 bits per heavy atom. The SMILES string of the molecule is COC(=O)C(CO)Nc1nccc2ccc(OC)cc12. The number of methoxy groups -OCH3 is 2. The molecule has 6 nitrogen and oxygen atoms in total. The van der Waals surface area contributed by atoms with E-state index in [-0.39, 0.29) is 6.61 Å². The first-order valence-electron chi connectivity index (χ1n) is 6.07. The van der Waals surface area contributed by atoms with Crippen LogP contribution in [-0.4, -0.2) is 42.9 Å². The lowest BCUT2D eigenvalue weighted by molar-refractivity contribution is -0.142. The normalized spacial score (nSPS) is 11.9. The maximum absolute atomic E-state index is 11.5. The molecule has 1 unspecified atom stereocenters. The average Bonchev–Trinajstić information content (AvgIpc) is 2.51. The summed E-state index contributed by atoms with van der Waals surface area (Å²) in [5, 5.41) is 13.9. The number of ether oxygens (including phenoxy) is 2. The number of rotatable bonds is 5. The molecule has 0 aliphatic carbocycles. The predicted molar refractivity (Wildman–Crippen MR) is 74.8 cm³/mol. The Balaban J connectivity index is 2.40. The van der Waals surface area contributed by atoms with Crippen molar-refractivity contribution < 1.29 is 19.4 Å². The van der Waals surface area contributed by atoms with E-state index in [1.54, 1.807) is 13.3 Å². The van der Waals surface area contributed by atoms with Gasteiger partial charge in [-0.25, -0.2) is 9.78 Å². The topological polar surface area (TPSA) is 80.7 Å². The predicted octanol–water partition coefficient (Wildman–Crippen LogP) is 1.19. The fourth-order valence-electron chi connectivity index (χ4n) is 1.88. The minimum absolute atomic E-state index is 0.380. The molecule has 20 heavy (non-hydrogen) atoms. The smallest absolute Gasteiger partial charge is 0.330 e. The molecule has 1 heterocycles. The first-order chi connectivity index (χ1) is 9.69. The molecule has 0 saturated carbocycles. The third-order valence-electron chi connectivity index (χ3n) is 2.95. The van der Waals surface area contributed by atoms with Crippen molar-refractivity contribution in [3.05, 3.63) is 30.5 Å². The van der Waals surface area contributed by atoms with Gasteiger partial charge in [-0.05, 0) is 23.6 Å². The summed E-state index contributed by atoms with van der Waals surface area (Å²) >= 11 is 0. The van der Waals surface area contributed by atoms with Gasteiger partial charge in [0.05, 0.1) is 20.8 Å². The van der Waals surface area contributed by atoms with E-state index in [2.05, 4.69) is 15.0 Å². The van der Waals surface area contributed by atoms with Crippen molar-refractivity contribution in [3.8, 4) is 5.75 Å². The number of aliphatic hydroxyl groups is 1. The summed E-state index contributed by atoms with van der Waals surface area (Å²) in [6.07, 6.45) is 1.63. The van der Waals surface area contributed by atoms with E-state index in [0.29, 0.717) is 11.6 Å². The molecule has 0 fully saturated rings. The second kappa shape index (κ2) is 6.21. The fourth-order valence-corrected chi connectivity index (χ4v) is 1.88. The van der Waals surface area contributed by atoms with Crippen LogP contribution in [0.1, 0.15) is 0 Å². The number of pyridine rings is 1. The maximum Gasteiger partial charge on any atom is 0.330 e. The van der Waals surface area contributed by atoms with Gasteiger partial charge < -0.3 is 19.9 Å². The number of esters is 1. The lowest BCUT2D eigenvalue weighted by Crippen LogP contribution is -2.34. The molecule has 0 saturated heterocycles. The third kappa shape index (κ3) is 2.80. The van der Waals surface area contributed by atoms with Gasteiger partial charge in [-0.3, -0.25) is 0 Å². The van der Waals surface area contributed by atoms with Gasteiger partial charge in [0.25, 0.3) is 0 Å². The van der Waals surface area contributed by atoms with Gasteiger partial charge in [0.1, 0.15) is 17.6 Å². The zero-order valence-corrected chi connectivity index (χ0v) is 11.3. The number of nitrogens with zero attached hydrogens (tertiary/aromatic N) is 1. The second-order valence-electron chi connectivity index (χ2n) is 4.15. The maximum atomic E-state index is 11.5. The first kappa shape index (κ1) is 14.1. The number of anilines is 1. The highest BCUT2D eigenvalue weighted by Gasteiger charge is 2.19. The Morgan fingerprint density at radius 3 is 2.85 bits per heavy atom. The summed E-state index contributed by atoms with van der Waals surface area (Å²) in [4.78, 5) is 15.7. The number of carbonyl (C=O) groups is 1. The lowest BCUT2D eigenvalue weighted by Gasteiger charge is -2.16. The van der Waals surface area contributed by atoms with Crippen LogP contribution in [0.4, 0.5) is 5.82 Å². The molecule has 2 N–H and O–H groups in total. The van der Waals surface area contributed by atoms with Gasteiger partial charge >= 0.3 is 5.97 Å². The Labute approximate surface area is 116 Å². The van der Waals surface area contributed by atoms with Crippen molar-refractivity contribution in [2.75, 3.05) is 26.1 Å². The van der Waals surface area contributed by atoms with Gasteiger partial charge in [-0.15, -0.1) is 0 Å². The van der Waals surface area contributed by atoms with E-state index < -0.39 is 12.0 Å². The molecule has 0 aliphatic heterocycles. The Bertz CT molecular complexity index is 615. The molecule has 0 spiro atoms. The van der Waals surface area contributed by atoms with Crippen LogP contribution in [0.5, 0.6) is 5.75 Å². The quantitative estimate of drug-likeness (QED) is 0.798. The highest BCUT2D eigenvalue weighted by atomic mass is 16.5. The van der Waals surface area contributed by atoms with E-state index >= 15 is 0 Å². The Hall–Kier alpha value is -2.34. The zero-order chi connectivity index (χ0) is 14.5. The third-order valence-corrected chi connectivity index (χ3v) is 2.95. The van der Waals surface area contributed by atoms with Crippen molar-refractivity contribution in [1.29, 1.82) is 0 Å². The number of aliphatic hydroxyl groups excluding tert-OH is 1. The van der Waals surface area contributed by atoms with Crippen LogP contribution in [0, 0.1) is 0 Å². The van der Waals surface area contributed by atoms with Crippen molar-refractivity contribution in [3.63, 3.8) is 0 Å². The molecule has 1 aromatic carbocycles. The van der Waals surface area contributed by atoms with Crippen LogP contribution in [0.15, 0.2) is 30.5 Å². The summed E-state index contributed by atoms with van der Waals surface area (Å²) < 4.78 is 9.80. The summed E-state index contributed by atoms with van der Waals surface area (Å²) in [7, 11) is 2.85. The summed E-state index contributed by atoms with van der Waals surface area (Å²) in [5.41, 5.74) is 0. The number of nitrogens with one attached hydrogen (secondary N) is 1. The number of hydrogen-bond acceptors (Lipinski definition) is 6. The molecule has 0 bridgehead atoms. The largest absolute Gasteiger partial charge is 0.497 e. The van der Waals surface area contributed by atoms with Crippen molar-refractivity contribution in [2.24, 2.45) is 0 Å². The zero-order valence-electron chi connectivity index (χ0n) is 11.3. The average molecular weight is 276 g/mol. The van der Waals surface area contributed by atoms with Crippen LogP contribution in [-0.2, 0) is 9.53 Å². The molecule has 2 aromatic rings. The molecule has 2 rings (SSSR count). The van der Waals surface area contributed by atoms with E-state index in [1.807, 2.05) is 24.3 Å². The van der Waals surface area contributed by atoms with Crippen LogP contribution < -0.4 is 10.1 Å². The van der Waals surface area contributed by atoms with Crippen molar-refractivity contribution >= 4 is 22.6 Å². The molecular weight excluding hydrogens is 260 g/mol. The van der Waals surface area contributed by atoms with E-state index in [9.17, 15) is 9.90 Å². The first-order valence-corrected chi connectivity index (χ1v) is 6.07. The molecule has 0 amide bonds. The van der Waals surface area contributed by atoms with Crippen LogP contribution in [0.3, 0.4) is 0 Å². The minimum Gasteiger partial charge on any atom is -0.497 e. The van der Waals surface area contributed by atoms with E-state index in [0.717, 1.165) is 10.8 Å². The molecule has 6 heteroatoms. The Kier molecular flexibility index (Phi) is 4.37. The molecule has 106 valence electrons. The molecule has 0 radical (unpaired) electrons. The van der Waals surface area contributed by atoms with Gasteiger partial charge in [0, 0.05) is 11.6 Å². The number of benzene rings is 1. The minimum atomic E-state index is -0.857. The molecular formula is C14H16N2O4. The molecule has 0 aliphatic rings. The number of fused-ring (bicyclic) bond motifs is 1. The summed E-state index contributed by atoms with van der Waals surface area (Å²) in [6.45, 7) is -0.380. The van der Waals surface area contributed by atoms with Gasteiger partial charge in [0.15, 0.2) is 0 Å². The van der Waals surface area contributed by atoms with Crippen LogP contribution in [0.2, 0.25) is 0 Å². The summed E-state index contributed by atoms with van der Waals surface area (Å²) in [6, 6.07) is 6.55. The van der Waals surface area contributed by atoms with Crippen molar-refractivity contribution in [2.45, 2.75) is 6.04 Å². The fraction of sp³-hybridized carbons (Fsp3) is 0.286. The van der Waals surface area contributed by atoms with Crippen molar-refractivity contribution in [1.82, 2.24) is 4.98 Å². The number of carbonyl (C=O) groups excluding carboxylic acids is 1. The summed E-state index contributed by atoms with van der Waals surface area (Å²) in [5.74, 6) is 0.632. The highest BCUT2D eigenvalue weighted by molar-refractivity contribution is 5.94. The van der Waals surface area contributed by atoms with Crippen LogP contribution in [0.25, 0.3) is 10.8 Å². The standard InChI is InChI=1S/C14H16N2O4/c1-19-10-4-3-9-5-6-15-13(11(9)7-10)16-12(8-17)14(18)20-2/h3-7,12,17H,8H2,1-2H3,(H,15,16).